The van der Waals surface area contributed by atoms with E-state index in [4.69, 9.17) is 0 Å². The molecule has 0 N–H and O–H groups in total. The van der Waals surface area contributed by atoms with Gasteiger partial charge in [-0.2, -0.15) is 13.2 Å². The summed E-state index contributed by atoms with van der Waals surface area (Å²) in [7, 11) is 1.03. The second kappa shape index (κ2) is 6.15. The van der Waals surface area contributed by atoms with Gasteiger partial charge in [-0.15, -0.1) is 0 Å². The maximum Gasteiger partial charge on any atom is 0.413 e. The van der Waals surface area contributed by atoms with Crippen molar-refractivity contribution in [2.24, 2.45) is 11.8 Å². The molecule has 2 unspecified atom stereocenters. The van der Waals surface area contributed by atoms with E-state index in [1.807, 2.05) is 0 Å². The number of rotatable bonds is 1. The van der Waals surface area contributed by atoms with Crippen LogP contribution in [-0.2, 0) is 9.53 Å². The number of ketones is 2. The summed E-state index contributed by atoms with van der Waals surface area (Å²) < 4.78 is 45.5. The first-order valence-corrected chi connectivity index (χ1v) is 8.42. The maximum absolute atomic E-state index is 13.7. The lowest BCUT2D eigenvalue weighted by Gasteiger charge is -2.34. The lowest BCUT2D eigenvalue weighted by molar-refractivity contribution is -0.135. The number of allylic oxidation sites excluding steroid dienone is 2. The van der Waals surface area contributed by atoms with Crippen LogP contribution in [0.5, 0.6) is 0 Å². The topological polar surface area (TPSA) is 60.4 Å². The number of hydrogen-bond donors (Lipinski definition) is 0. The van der Waals surface area contributed by atoms with Gasteiger partial charge in [-0.25, -0.2) is 4.79 Å². The molecule has 2 atom stereocenters. The Morgan fingerprint density at radius 1 is 1.00 bits per heavy atom. The van der Waals surface area contributed by atoms with Crippen LogP contribution in [-0.4, -0.2) is 30.8 Å². The molecule has 2 aromatic carbocycles. The van der Waals surface area contributed by atoms with Crippen LogP contribution in [0.15, 0.2) is 59.7 Å². The highest BCUT2D eigenvalue weighted by atomic mass is 19.4. The van der Waals surface area contributed by atoms with Gasteiger partial charge in [0.25, 0.3) is 0 Å². The number of hydrogen-bond acceptors (Lipinski definition) is 4. The number of halogens is 3. The van der Waals surface area contributed by atoms with Gasteiger partial charge in [0.15, 0.2) is 11.6 Å². The molecule has 0 saturated heterocycles. The molecule has 7 heteroatoms. The predicted molar refractivity (Wildman–Crippen MR) is 93.8 cm³/mol. The first kappa shape index (κ1) is 18.2. The van der Waals surface area contributed by atoms with Gasteiger partial charge in [0.1, 0.15) is 0 Å². The standard InChI is InChI=1S/C21H13F3O4/c1-28-20(27)12-8-15-17(16(9-12)21(22,23)24)19(26)14-7-11-5-3-2-4-10(11)6-13(14)18(15)25/h2-9,15,17H,1H3. The SMILES string of the molecule is COC(=O)C1=CC2C(=O)c3cc4ccccc4cc3C(=O)C2C(C(F)(F)F)=C1. The van der Waals surface area contributed by atoms with Crippen molar-refractivity contribution < 1.29 is 32.3 Å². The lowest BCUT2D eigenvalue weighted by atomic mass is 9.67. The van der Waals surface area contributed by atoms with E-state index in [2.05, 4.69) is 4.74 Å². The zero-order valence-electron chi connectivity index (χ0n) is 14.5. The maximum atomic E-state index is 13.7. The monoisotopic (exact) mass is 386 g/mol. The minimum absolute atomic E-state index is 0.0324. The van der Waals surface area contributed by atoms with E-state index < -0.39 is 41.1 Å². The van der Waals surface area contributed by atoms with Crippen LogP contribution < -0.4 is 0 Å². The molecule has 2 aromatic rings. The molecule has 28 heavy (non-hydrogen) atoms. The molecule has 0 saturated carbocycles. The van der Waals surface area contributed by atoms with Gasteiger partial charge in [0.05, 0.1) is 24.5 Å². The van der Waals surface area contributed by atoms with E-state index in [0.717, 1.165) is 13.2 Å². The summed E-state index contributed by atoms with van der Waals surface area (Å²) in [6, 6.07) is 9.92. The first-order chi connectivity index (χ1) is 13.2. The minimum atomic E-state index is -4.87. The molecule has 0 amide bonds. The number of methoxy groups -OCH3 is 1. The van der Waals surface area contributed by atoms with Crippen LogP contribution in [0.2, 0.25) is 0 Å². The van der Waals surface area contributed by atoms with Crippen LogP contribution in [0.3, 0.4) is 0 Å². The Bertz CT molecular complexity index is 1110. The van der Waals surface area contributed by atoms with Crippen LogP contribution in [0, 0.1) is 11.8 Å². The Morgan fingerprint density at radius 3 is 2.11 bits per heavy atom. The lowest BCUT2D eigenvalue weighted by Crippen LogP contribution is -2.42. The van der Waals surface area contributed by atoms with Gasteiger partial charge in [0.2, 0.25) is 0 Å². The van der Waals surface area contributed by atoms with E-state index in [0.29, 0.717) is 16.8 Å². The third-order valence-electron chi connectivity index (χ3n) is 5.11. The van der Waals surface area contributed by atoms with Crippen molar-refractivity contribution in [3.05, 3.63) is 70.8 Å². The van der Waals surface area contributed by atoms with Crippen molar-refractivity contribution in [2.45, 2.75) is 6.18 Å². The Balaban J connectivity index is 1.95. The summed E-state index contributed by atoms with van der Waals surface area (Å²) in [6.07, 6.45) is -3.17. The predicted octanol–water partition coefficient (Wildman–Crippen LogP) is 4.05. The largest absolute Gasteiger partial charge is 0.465 e. The molecule has 2 aliphatic rings. The molecule has 0 aromatic heterocycles. The van der Waals surface area contributed by atoms with Crippen LogP contribution in [0.25, 0.3) is 10.8 Å². The fourth-order valence-electron chi connectivity index (χ4n) is 3.82. The molecule has 0 bridgehead atoms. The van der Waals surface area contributed by atoms with E-state index >= 15 is 0 Å². The zero-order chi connectivity index (χ0) is 20.2. The fraction of sp³-hybridized carbons (Fsp3) is 0.190. The Hall–Kier alpha value is -3.22. The number of ether oxygens (including phenoxy) is 1. The van der Waals surface area contributed by atoms with Gasteiger partial charge in [-0.05, 0) is 29.0 Å². The number of esters is 1. The van der Waals surface area contributed by atoms with E-state index in [9.17, 15) is 27.6 Å². The summed E-state index contributed by atoms with van der Waals surface area (Å²) in [5, 5.41) is 1.35. The average molecular weight is 386 g/mol. The Kier molecular flexibility index (Phi) is 3.99. The van der Waals surface area contributed by atoms with Gasteiger partial charge >= 0.3 is 12.1 Å². The fourth-order valence-corrected chi connectivity index (χ4v) is 3.82. The summed E-state index contributed by atoms with van der Waals surface area (Å²) >= 11 is 0. The molecule has 142 valence electrons. The number of alkyl halides is 3. The number of carbonyl (C=O) groups excluding carboxylic acids is 3. The second-order valence-electron chi connectivity index (χ2n) is 6.69. The summed E-state index contributed by atoms with van der Waals surface area (Å²) in [5.41, 5.74) is -1.57. The van der Waals surface area contributed by atoms with Gasteiger partial charge in [-0.1, -0.05) is 30.3 Å². The summed E-state index contributed by atoms with van der Waals surface area (Å²) in [5.74, 6) is -5.52. The molecule has 0 fully saturated rings. The quantitative estimate of drug-likeness (QED) is 0.694. The molecule has 0 heterocycles. The van der Waals surface area contributed by atoms with Gasteiger partial charge in [0, 0.05) is 16.7 Å². The third kappa shape index (κ3) is 2.66. The third-order valence-corrected chi connectivity index (χ3v) is 5.11. The summed E-state index contributed by atoms with van der Waals surface area (Å²) in [6.45, 7) is 0. The molecule has 4 nitrogen and oxygen atoms in total. The molecule has 0 radical (unpaired) electrons. The number of benzene rings is 2. The Labute approximate surface area is 157 Å². The average Bonchev–Trinajstić information content (AvgIpc) is 2.68. The van der Waals surface area contributed by atoms with Crippen molar-refractivity contribution in [3.8, 4) is 0 Å². The van der Waals surface area contributed by atoms with Crippen molar-refractivity contribution in [1.29, 1.82) is 0 Å². The van der Waals surface area contributed by atoms with Crippen molar-refractivity contribution in [3.63, 3.8) is 0 Å². The number of Topliss-reactive ketones (excluding diaryl/α,β-unsaturated/α-hetero) is 2. The molecule has 0 spiro atoms. The van der Waals surface area contributed by atoms with Crippen molar-refractivity contribution >= 4 is 28.3 Å². The zero-order valence-corrected chi connectivity index (χ0v) is 14.5. The molecular formula is C21H13F3O4. The highest BCUT2D eigenvalue weighted by Gasteiger charge is 2.52. The second-order valence-corrected chi connectivity index (χ2v) is 6.69. The molecule has 2 aliphatic carbocycles. The summed E-state index contributed by atoms with van der Waals surface area (Å²) in [4.78, 5) is 37.9. The van der Waals surface area contributed by atoms with E-state index in [1.165, 1.54) is 12.1 Å². The van der Waals surface area contributed by atoms with E-state index in [1.54, 1.807) is 24.3 Å². The highest BCUT2D eigenvalue weighted by Crippen LogP contribution is 2.45. The Morgan fingerprint density at radius 2 is 1.57 bits per heavy atom. The molecule has 0 aliphatic heterocycles. The minimum Gasteiger partial charge on any atom is -0.465 e. The number of carbonyl (C=O) groups is 3. The van der Waals surface area contributed by atoms with Gasteiger partial charge in [-0.3, -0.25) is 9.59 Å². The van der Waals surface area contributed by atoms with Crippen LogP contribution >= 0.6 is 0 Å². The smallest absolute Gasteiger partial charge is 0.413 e. The van der Waals surface area contributed by atoms with Crippen LogP contribution in [0.1, 0.15) is 20.7 Å². The highest BCUT2D eigenvalue weighted by molar-refractivity contribution is 6.20. The van der Waals surface area contributed by atoms with E-state index in [-0.39, 0.29) is 16.7 Å². The number of fused-ring (bicyclic) bond motifs is 3. The van der Waals surface area contributed by atoms with Crippen molar-refractivity contribution in [1.82, 2.24) is 0 Å². The first-order valence-electron chi connectivity index (χ1n) is 8.42. The molecular weight excluding hydrogens is 373 g/mol. The normalized spacial score (nSPS) is 21.6. The van der Waals surface area contributed by atoms with Crippen molar-refractivity contribution in [2.75, 3.05) is 7.11 Å². The van der Waals surface area contributed by atoms with Crippen LogP contribution in [0.4, 0.5) is 13.2 Å². The van der Waals surface area contributed by atoms with Gasteiger partial charge < -0.3 is 4.74 Å². The molecule has 4 rings (SSSR count).